The standard InChI is InChI=1S/C24H27N6O6P/c1-14(23(31)32)29-37(33,36-19-9-5-7-16-6-3-4-8-18(16)19)35-12-15-10-17(11-15)30-13-26-20-21(30)27-24(25)28-22(20)34-2/h3-9,13-15,17H,10-12H2,1-2H3,(H,29,33)(H,31,32)(H2,25,27,28). The lowest BCUT2D eigenvalue weighted by Crippen LogP contribution is -2.35. The zero-order valence-electron chi connectivity index (χ0n) is 20.3. The Labute approximate surface area is 212 Å². The van der Waals surface area contributed by atoms with Gasteiger partial charge in [0.05, 0.1) is 20.0 Å². The number of carbonyl (C=O) groups is 1. The molecule has 2 atom stereocenters. The fourth-order valence-corrected chi connectivity index (χ4v) is 5.96. The van der Waals surface area contributed by atoms with Crippen molar-refractivity contribution in [2.24, 2.45) is 5.92 Å². The summed E-state index contributed by atoms with van der Waals surface area (Å²) in [6, 6.07) is 11.8. The molecule has 1 aliphatic rings. The second-order valence-corrected chi connectivity index (χ2v) is 10.7. The number of benzene rings is 2. The van der Waals surface area contributed by atoms with Crippen molar-refractivity contribution in [2.75, 3.05) is 19.5 Å². The summed E-state index contributed by atoms with van der Waals surface area (Å²) in [5, 5.41) is 13.6. The monoisotopic (exact) mass is 526 g/mol. The van der Waals surface area contributed by atoms with E-state index in [1.807, 2.05) is 34.9 Å². The van der Waals surface area contributed by atoms with Gasteiger partial charge in [-0.05, 0) is 37.1 Å². The van der Waals surface area contributed by atoms with Gasteiger partial charge in [-0.1, -0.05) is 36.4 Å². The molecule has 1 aliphatic carbocycles. The Morgan fingerprint density at radius 3 is 2.76 bits per heavy atom. The third-order valence-electron chi connectivity index (χ3n) is 6.37. The molecule has 2 heterocycles. The van der Waals surface area contributed by atoms with Gasteiger partial charge in [0, 0.05) is 11.4 Å². The molecule has 1 fully saturated rings. The number of aromatic nitrogens is 4. The van der Waals surface area contributed by atoms with Crippen molar-refractivity contribution < 1.29 is 28.3 Å². The number of nitrogens with two attached hydrogens (primary N) is 1. The Morgan fingerprint density at radius 2 is 2.00 bits per heavy atom. The number of nitrogens with zero attached hydrogens (tertiary/aromatic N) is 4. The number of hydrogen-bond acceptors (Lipinski definition) is 9. The highest BCUT2D eigenvalue weighted by Crippen LogP contribution is 2.49. The predicted molar refractivity (Wildman–Crippen MR) is 136 cm³/mol. The van der Waals surface area contributed by atoms with E-state index in [1.54, 1.807) is 18.5 Å². The third kappa shape index (κ3) is 5.08. The summed E-state index contributed by atoms with van der Waals surface area (Å²) >= 11 is 0. The second-order valence-electron chi connectivity index (χ2n) is 8.96. The average molecular weight is 526 g/mol. The molecule has 1 saturated carbocycles. The fraction of sp³-hybridized carbons (Fsp3) is 0.333. The summed E-state index contributed by atoms with van der Waals surface area (Å²) in [7, 11) is -2.53. The minimum Gasteiger partial charge on any atom is -0.480 e. The second kappa shape index (κ2) is 9.97. The molecule has 5 rings (SSSR count). The van der Waals surface area contributed by atoms with Crippen LogP contribution in [0.4, 0.5) is 5.95 Å². The Balaban J connectivity index is 1.29. The highest BCUT2D eigenvalue weighted by atomic mass is 31.2. The van der Waals surface area contributed by atoms with Gasteiger partial charge >= 0.3 is 13.7 Å². The molecule has 0 saturated heterocycles. The molecule has 2 aromatic heterocycles. The fourth-order valence-electron chi connectivity index (χ4n) is 4.37. The molecule has 2 unspecified atom stereocenters. The quantitative estimate of drug-likeness (QED) is 0.258. The Hall–Kier alpha value is -3.73. The van der Waals surface area contributed by atoms with Crippen LogP contribution in [0.15, 0.2) is 48.8 Å². The smallest absolute Gasteiger partial charge is 0.459 e. The van der Waals surface area contributed by atoms with Crippen LogP contribution in [0.1, 0.15) is 25.8 Å². The number of hydrogen-bond donors (Lipinski definition) is 3. The lowest BCUT2D eigenvalue weighted by molar-refractivity contribution is -0.138. The first-order valence-electron chi connectivity index (χ1n) is 11.7. The zero-order valence-corrected chi connectivity index (χ0v) is 21.2. The van der Waals surface area contributed by atoms with Crippen LogP contribution in [0.25, 0.3) is 21.9 Å². The maximum Gasteiger partial charge on any atom is 0.459 e. The molecule has 13 heteroatoms. The van der Waals surface area contributed by atoms with Gasteiger partial charge < -0.3 is 24.7 Å². The lowest BCUT2D eigenvalue weighted by Gasteiger charge is -2.36. The van der Waals surface area contributed by atoms with Crippen LogP contribution in [0.3, 0.4) is 0 Å². The SMILES string of the molecule is COc1nc(N)nc2c1ncn2C1CC(COP(=O)(NC(C)C(=O)O)Oc2cccc3ccccc23)C1. The number of ether oxygens (including phenoxy) is 1. The summed E-state index contributed by atoms with van der Waals surface area (Å²) in [6.45, 7) is 1.50. The number of nitrogen functional groups attached to an aromatic ring is 1. The van der Waals surface area contributed by atoms with Crippen molar-refractivity contribution in [1.29, 1.82) is 0 Å². The molecular formula is C24H27N6O6P. The first-order chi connectivity index (χ1) is 17.8. The van der Waals surface area contributed by atoms with Gasteiger partial charge in [0.25, 0.3) is 0 Å². The van der Waals surface area contributed by atoms with E-state index in [4.69, 9.17) is 19.5 Å². The molecular weight excluding hydrogens is 499 g/mol. The topological polar surface area (TPSA) is 164 Å². The van der Waals surface area contributed by atoms with Gasteiger partial charge in [0.15, 0.2) is 11.2 Å². The average Bonchev–Trinajstić information content (AvgIpc) is 3.26. The van der Waals surface area contributed by atoms with Gasteiger partial charge in [0.1, 0.15) is 11.8 Å². The zero-order chi connectivity index (χ0) is 26.2. The van der Waals surface area contributed by atoms with Gasteiger partial charge in [-0.3, -0.25) is 9.32 Å². The minimum absolute atomic E-state index is 0.0647. The van der Waals surface area contributed by atoms with E-state index in [2.05, 4.69) is 20.0 Å². The van der Waals surface area contributed by atoms with Crippen molar-refractivity contribution in [3.8, 4) is 11.6 Å². The van der Waals surface area contributed by atoms with Gasteiger partial charge in [-0.25, -0.2) is 9.55 Å². The van der Waals surface area contributed by atoms with Gasteiger partial charge in [0.2, 0.25) is 11.8 Å². The summed E-state index contributed by atoms with van der Waals surface area (Å²) in [4.78, 5) is 24.2. The number of nitrogens with one attached hydrogen (secondary N) is 1. The van der Waals surface area contributed by atoms with Crippen molar-refractivity contribution in [2.45, 2.75) is 31.8 Å². The maximum absolute atomic E-state index is 13.7. The number of rotatable bonds is 10. The molecule has 0 aliphatic heterocycles. The highest BCUT2D eigenvalue weighted by Gasteiger charge is 2.37. The molecule has 0 bridgehead atoms. The molecule has 37 heavy (non-hydrogen) atoms. The van der Waals surface area contributed by atoms with E-state index < -0.39 is 19.8 Å². The van der Waals surface area contributed by atoms with Crippen LogP contribution in [0, 0.1) is 5.92 Å². The molecule has 0 spiro atoms. The number of imidazole rings is 1. The number of fused-ring (bicyclic) bond motifs is 2. The Morgan fingerprint density at radius 1 is 1.24 bits per heavy atom. The van der Waals surface area contributed by atoms with E-state index in [1.165, 1.54) is 14.0 Å². The number of carboxylic acids is 1. The van der Waals surface area contributed by atoms with Crippen molar-refractivity contribution >= 4 is 41.6 Å². The largest absolute Gasteiger partial charge is 0.480 e. The van der Waals surface area contributed by atoms with Crippen LogP contribution in [-0.4, -0.2) is 50.4 Å². The molecule has 4 aromatic rings. The number of carboxylic acid groups (broad SMARTS) is 1. The van der Waals surface area contributed by atoms with Crippen LogP contribution in [0.5, 0.6) is 11.6 Å². The summed E-state index contributed by atoms with van der Waals surface area (Å²) in [5.41, 5.74) is 6.92. The van der Waals surface area contributed by atoms with Crippen LogP contribution in [-0.2, 0) is 13.9 Å². The van der Waals surface area contributed by atoms with E-state index >= 15 is 0 Å². The van der Waals surface area contributed by atoms with E-state index in [0.29, 0.717) is 35.6 Å². The van der Waals surface area contributed by atoms with E-state index in [-0.39, 0.29) is 24.5 Å². The Bertz CT molecular complexity index is 1500. The number of methoxy groups -OCH3 is 1. The van der Waals surface area contributed by atoms with E-state index in [9.17, 15) is 14.5 Å². The first kappa shape index (κ1) is 24.9. The normalized spacial score (nSPS) is 19.7. The molecule has 0 amide bonds. The van der Waals surface area contributed by atoms with Crippen LogP contribution >= 0.6 is 7.75 Å². The van der Waals surface area contributed by atoms with Gasteiger partial charge in [-0.15, -0.1) is 0 Å². The maximum atomic E-state index is 13.7. The van der Waals surface area contributed by atoms with Crippen molar-refractivity contribution in [3.63, 3.8) is 0 Å². The molecule has 194 valence electrons. The van der Waals surface area contributed by atoms with Crippen molar-refractivity contribution in [1.82, 2.24) is 24.6 Å². The number of aliphatic carboxylic acids is 1. The third-order valence-corrected chi connectivity index (χ3v) is 8.00. The van der Waals surface area contributed by atoms with Crippen LogP contribution < -0.4 is 20.1 Å². The summed E-state index contributed by atoms with van der Waals surface area (Å²) in [6.07, 6.45) is 3.09. The minimum atomic E-state index is -4.03. The highest BCUT2D eigenvalue weighted by molar-refractivity contribution is 7.52. The lowest BCUT2D eigenvalue weighted by atomic mass is 9.81. The van der Waals surface area contributed by atoms with Crippen molar-refractivity contribution in [3.05, 3.63) is 48.8 Å². The molecule has 2 aromatic carbocycles. The van der Waals surface area contributed by atoms with E-state index in [0.717, 1.165) is 10.8 Å². The summed E-state index contributed by atoms with van der Waals surface area (Å²) in [5.74, 6) is -0.359. The Kier molecular flexibility index (Phi) is 6.72. The predicted octanol–water partition coefficient (Wildman–Crippen LogP) is 3.79. The number of anilines is 1. The molecule has 12 nitrogen and oxygen atoms in total. The van der Waals surface area contributed by atoms with Crippen LogP contribution in [0.2, 0.25) is 0 Å². The molecule has 0 radical (unpaired) electrons. The summed E-state index contributed by atoms with van der Waals surface area (Å²) < 4.78 is 32.5. The molecule has 4 N–H and O–H groups in total. The first-order valence-corrected chi connectivity index (χ1v) is 13.3. The van der Waals surface area contributed by atoms with Gasteiger partial charge in [-0.2, -0.15) is 15.1 Å².